The average molecular weight is 563 g/mol. The van der Waals surface area contributed by atoms with E-state index in [0.717, 1.165) is 0 Å². The summed E-state index contributed by atoms with van der Waals surface area (Å²) in [4.78, 5) is 25.6. The van der Waals surface area contributed by atoms with Crippen LogP contribution in [-0.4, -0.2) is 39.4 Å². The first-order valence-electron chi connectivity index (χ1n) is 11.6. The molecule has 0 aliphatic rings. The van der Waals surface area contributed by atoms with E-state index < -0.39 is 6.04 Å². The summed E-state index contributed by atoms with van der Waals surface area (Å²) in [5.41, 5.74) is 0.986. The zero-order valence-corrected chi connectivity index (χ0v) is 23.2. The normalized spacial score (nSPS) is 11.7. The van der Waals surface area contributed by atoms with Gasteiger partial charge < -0.3 is 19.9 Å². The summed E-state index contributed by atoms with van der Waals surface area (Å²) < 4.78 is 7.00. The zero-order valence-electron chi connectivity index (χ0n) is 20.8. The number of allylic oxidation sites excluding steroid dienone is 1. The van der Waals surface area contributed by atoms with Crippen LogP contribution in [-0.2, 0) is 11.3 Å². The van der Waals surface area contributed by atoms with Crippen molar-refractivity contribution >= 4 is 52.5 Å². The molecule has 0 aliphatic heterocycles. The van der Waals surface area contributed by atoms with Crippen LogP contribution in [0.4, 0.5) is 5.69 Å². The predicted molar refractivity (Wildman–Crippen MR) is 149 cm³/mol. The lowest BCUT2D eigenvalue weighted by Gasteiger charge is -2.21. The van der Waals surface area contributed by atoms with E-state index in [1.54, 1.807) is 49.6 Å². The molecule has 0 saturated heterocycles. The van der Waals surface area contributed by atoms with Crippen LogP contribution in [0.25, 0.3) is 0 Å². The number of carbonyl (C=O) groups is 2. The fraction of sp³-hybridized carbons (Fsp3) is 0.308. The lowest BCUT2D eigenvalue weighted by Crippen LogP contribution is -2.32. The second kappa shape index (κ2) is 13.5. The number of ether oxygens (including phenoxy) is 1. The number of benzene rings is 2. The Morgan fingerprint density at radius 3 is 2.51 bits per heavy atom. The largest absolute Gasteiger partial charge is 0.497 e. The fourth-order valence-corrected chi connectivity index (χ4v) is 4.83. The van der Waals surface area contributed by atoms with Gasteiger partial charge in [0.25, 0.3) is 5.91 Å². The lowest BCUT2D eigenvalue weighted by atomic mass is 10.0. The Hall–Kier alpha value is -3.01. The van der Waals surface area contributed by atoms with Gasteiger partial charge in [-0.15, -0.1) is 16.8 Å². The standard InChI is InChI=1S/C26H29Cl2N5O3S/c1-5-12-33-24(22(13-16(2)3)30-25(35)20-11-6-17(27)14-21(20)28)31-32-26(33)37-15-23(34)29-18-7-9-19(36-4)10-8-18/h5-11,14,16,22H,1,12-13,15H2,2-4H3,(H,29,34)(H,30,35)/t22-/m1/s1. The number of aromatic nitrogens is 3. The minimum atomic E-state index is -0.436. The molecule has 0 bridgehead atoms. The van der Waals surface area contributed by atoms with E-state index in [-0.39, 0.29) is 28.5 Å². The molecule has 1 aromatic heterocycles. The minimum absolute atomic E-state index is 0.128. The fourth-order valence-electron chi connectivity index (χ4n) is 3.58. The third-order valence-electron chi connectivity index (χ3n) is 5.26. The Morgan fingerprint density at radius 2 is 1.89 bits per heavy atom. The second-order valence-corrected chi connectivity index (χ2v) is 10.4. The van der Waals surface area contributed by atoms with Gasteiger partial charge >= 0.3 is 0 Å². The van der Waals surface area contributed by atoms with Crippen molar-refractivity contribution in [1.82, 2.24) is 20.1 Å². The van der Waals surface area contributed by atoms with Crippen LogP contribution in [0.15, 0.2) is 60.3 Å². The Morgan fingerprint density at radius 1 is 1.16 bits per heavy atom. The lowest BCUT2D eigenvalue weighted by molar-refractivity contribution is -0.113. The highest BCUT2D eigenvalue weighted by molar-refractivity contribution is 7.99. The highest BCUT2D eigenvalue weighted by Crippen LogP contribution is 2.27. The molecule has 3 aromatic rings. The van der Waals surface area contributed by atoms with E-state index in [2.05, 4.69) is 41.3 Å². The molecule has 2 amide bonds. The number of methoxy groups -OCH3 is 1. The van der Waals surface area contributed by atoms with Crippen molar-refractivity contribution in [2.24, 2.45) is 5.92 Å². The molecule has 1 heterocycles. The van der Waals surface area contributed by atoms with Crippen molar-refractivity contribution in [2.75, 3.05) is 18.2 Å². The van der Waals surface area contributed by atoms with Crippen molar-refractivity contribution < 1.29 is 14.3 Å². The Balaban J connectivity index is 1.76. The monoisotopic (exact) mass is 561 g/mol. The van der Waals surface area contributed by atoms with Crippen LogP contribution in [0, 0.1) is 5.92 Å². The number of thioether (sulfide) groups is 1. The van der Waals surface area contributed by atoms with Crippen LogP contribution in [0.5, 0.6) is 5.75 Å². The van der Waals surface area contributed by atoms with E-state index in [0.29, 0.717) is 46.0 Å². The van der Waals surface area contributed by atoms with Crippen molar-refractivity contribution in [3.8, 4) is 5.75 Å². The third kappa shape index (κ3) is 7.99. The van der Waals surface area contributed by atoms with E-state index in [4.69, 9.17) is 27.9 Å². The smallest absolute Gasteiger partial charge is 0.253 e. The van der Waals surface area contributed by atoms with Crippen LogP contribution in [0.3, 0.4) is 0 Å². The first-order chi connectivity index (χ1) is 17.7. The van der Waals surface area contributed by atoms with Crippen LogP contribution in [0.1, 0.15) is 42.5 Å². The number of anilines is 1. The highest BCUT2D eigenvalue weighted by atomic mass is 35.5. The molecule has 0 aliphatic carbocycles. The molecule has 2 N–H and O–H groups in total. The van der Waals surface area contributed by atoms with Gasteiger partial charge in [-0.05, 0) is 54.8 Å². The van der Waals surface area contributed by atoms with E-state index >= 15 is 0 Å². The first-order valence-corrected chi connectivity index (χ1v) is 13.3. The number of nitrogens with one attached hydrogen (secondary N) is 2. The van der Waals surface area contributed by atoms with E-state index in [1.807, 2.05) is 4.57 Å². The molecule has 1 atom stereocenters. The molecule has 11 heteroatoms. The van der Waals surface area contributed by atoms with E-state index in [1.165, 1.54) is 17.8 Å². The number of halogens is 2. The van der Waals surface area contributed by atoms with Crippen molar-refractivity contribution in [3.05, 3.63) is 76.6 Å². The van der Waals surface area contributed by atoms with Crippen LogP contribution in [0.2, 0.25) is 10.0 Å². The molecule has 0 fully saturated rings. The van der Waals surface area contributed by atoms with Crippen molar-refractivity contribution in [3.63, 3.8) is 0 Å². The van der Waals surface area contributed by atoms with Gasteiger partial charge in [-0.2, -0.15) is 0 Å². The molecule has 196 valence electrons. The Kier molecular flexibility index (Phi) is 10.4. The molecule has 37 heavy (non-hydrogen) atoms. The molecule has 0 radical (unpaired) electrons. The average Bonchev–Trinajstić information content (AvgIpc) is 3.25. The number of rotatable bonds is 12. The molecular formula is C26H29Cl2N5O3S. The van der Waals surface area contributed by atoms with Gasteiger partial charge in [-0.3, -0.25) is 9.59 Å². The number of hydrogen-bond acceptors (Lipinski definition) is 6. The van der Waals surface area contributed by atoms with Gasteiger partial charge in [0.2, 0.25) is 5.91 Å². The number of amides is 2. The number of carbonyl (C=O) groups excluding carboxylic acids is 2. The predicted octanol–water partition coefficient (Wildman–Crippen LogP) is 6.03. The van der Waals surface area contributed by atoms with Crippen molar-refractivity contribution in [2.45, 2.75) is 38.0 Å². The Labute approximate surface area is 230 Å². The molecule has 0 spiro atoms. The van der Waals surface area contributed by atoms with Crippen molar-refractivity contribution in [1.29, 1.82) is 0 Å². The highest BCUT2D eigenvalue weighted by Gasteiger charge is 2.25. The Bertz CT molecular complexity index is 1250. The van der Waals surface area contributed by atoms with Crippen LogP contribution >= 0.6 is 35.0 Å². The second-order valence-electron chi connectivity index (χ2n) is 8.59. The van der Waals surface area contributed by atoms with Gasteiger partial charge in [0.1, 0.15) is 5.75 Å². The zero-order chi connectivity index (χ0) is 26.9. The van der Waals surface area contributed by atoms with Gasteiger partial charge in [-0.1, -0.05) is 54.9 Å². The van der Waals surface area contributed by atoms with Gasteiger partial charge in [0.15, 0.2) is 11.0 Å². The summed E-state index contributed by atoms with van der Waals surface area (Å²) in [5.74, 6) is 1.14. The summed E-state index contributed by atoms with van der Waals surface area (Å²) in [6.07, 6.45) is 2.34. The number of hydrogen-bond donors (Lipinski definition) is 2. The topological polar surface area (TPSA) is 98.1 Å². The molecule has 3 rings (SSSR count). The molecule has 0 unspecified atom stereocenters. The quantitative estimate of drug-likeness (QED) is 0.207. The first kappa shape index (κ1) is 28.6. The molecule has 2 aromatic carbocycles. The summed E-state index contributed by atoms with van der Waals surface area (Å²) >= 11 is 13.5. The van der Waals surface area contributed by atoms with Crippen LogP contribution < -0.4 is 15.4 Å². The van der Waals surface area contributed by atoms with Gasteiger partial charge in [0, 0.05) is 17.3 Å². The molecule has 0 saturated carbocycles. The maximum absolute atomic E-state index is 13.1. The SMILES string of the molecule is C=CCn1c(SCC(=O)Nc2ccc(OC)cc2)nnc1[C@@H](CC(C)C)NC(=O)c1ccc(Cl)cc1Cl. The summed E-state index contributed by atoms with van der Waals surface area (Å²) in [7, 11) is 1.59. The van der Waals surface area contributed by atoms with E-state index in [9.17, 15) is 9.59 Å². The minimum Gasteiger partial charge on any atom is -0.497 e. The summed E-state index contributed by atoms with van der Waals surface area (Å²) in [5, 5.41) is 15.8. The van der Waals surface area contributed by atoms with Gasteiger partial charge in [-0.25, -0.2) is 0 Å². The third-order valence-corrected chi connectivity index (χ3v) is 6.78. The maximum Gasteiger partial charge on any atom is 0.253 e. The molecule has 8 nitrogen and oxygen atoms in total. The van der Waals surface area contributed by atoms with Gasteiger partial charge in [0.05, 0.1) is 29.5 Å². The maximum atomic E-state index is 13.1. The summed E-state index contributed by atoms with van der Waals surface area (Å²) in [6.45, 7) is 8.37. The molecular weight excluding hydrogens is 533 g/mol. The summed E-state index contributed by atoms with van der Waals surface area (Å²) in [6, 6.07) is 11.4. The number of nitrogens with zero attached hydrogens (tertiary/aromatic N) is 3.